The number of carbonyl (C=O) groups is 1. The van der Waals surface area contributed by atoms with Crippen molar-refractivity contribution in [2.45, 2.75) is 39.7 Å². The summed E-state index contributed by atoms with van der Waals surface area (Å²) in [6.45, 7) is 10.2. The third-order valence-electron chi connectivity index (χ3n) is 2.75. The van der Waals surface area contributed by atoms with Crippen LogP contribution in [0, 0.1) is 5.41 Å². The predicted octanol–water partition coefficient (Wildman–Crippen LogP) is 0.385. The zero-order valence-electron chi connectivity index (χ0n) is 11.6. The summed E-state index contributed by atoms with van der Waals surface area (Å²) in [6, 6.07) is 0. The summed E-state index contributed by atoms with van der Waals surface area (Å²) < 4.78 is 0. The molecule has 0 aromatic rings. The van der Waals surface area contributed by atoms with Gasteiger partial charge >= 0.3 is 0 Å². The molecular weight excluding hydrogens is 232 g/mol. The third-order valence-corrected chi connectivity index (χ3v) is 2.75. The van der Waals surface area contributed by atoms with Crippen LogP contribution in [0.5, 0.6) is 0 Å². The van der Waals surface area contributed by atoms with Gasteiger partial charge in [-0.05, 0) is 6.42 Å². The first-order valence-electron chi connectivity index (χ1n) is 6.33. The van der Waals surface area contributed by atoms with Crippen molar-refractivity contribution in [2.75, 3.05) is 19.7 Å². The monoisotopic (exact) mass is 258 g/mol. The van der Waals surface area contributed by atoms with E-state index >= 15 is 0 Å². The lowest BCUT2D eigenvalue weighted by Gasteiger charge is -2.30. The van der Waals surface area contributed by atoms with Gasteiger partial charge in [-0.15, -0.1) is 0 Å². The first-order chi connectivity index (χ1) is 8.35. The minimum absolute atomic E-state index is 0.0203. The molecule has 1 amide bonds. The van der Waals surface area contributed by atoms with Crippen LogP contribution in [0.3, 0.4) is 0 Å². The van der Waals surface area contributed by atoms with Gasteiger partial charge in [-0.1, -0.05) is 27.4 Å². The Morgan fingerprint density at radius 3 is 2.44 bits per heavy atom. The molecule has 5 heteroatoms. The Morgan fingerprint density at radius 2 is 1.94 bits per heavy atom. The Kier molecular flexibility index (Phi) is 7.62. The molecule has 106 valence electrons. The zero-order valence-corrected chi connectivity index (χ0v) is 11.6. The molecular formula is C13H26N2O3. The SMILES string of the molecule is C=C(NCCC(=O)NCCC)C(O)C(C)(C)CO. The molecule has 1 unspecified atom stereocenters. The summed E-state index contributed by atoms with van der Waals surface area (Å²) in [6.07, 6.45) is 0.404. The average molecular weight is 258 g/mol. The van der Waals surface area contributed by atoms with E-state index in [1.54, 1.807) is 13.8 Å². The first kappa shape index (κ1) is 16.9. The van der Waals surface area contributed by atoms with Crippen molar-refractivity contribution in [3.63, 3.8) is 0 Å². The fourth-order valence-corrected chi connectivity index (χ4v) is 1.34. The van der Waals surface area contributed by atoms with E-state index in [1.807, 2.05) is 6.92 Å². The van der Waals surface area contributed by atoms with Gasteiger partial charge in [0.1, 0.15) is 6.10 Å². The number of carbonyl (C=O) groups excluding carboxylic acids is 1. The van der Waals surface area contributed by atoms with Crippen LogP contribution in [0.25, 0.3) is 0 Å². The van der Waals surface area contributed by atoms with Crippen molar-refractivity contribution in [1.29, 1.82) is 0 Å². The molecule has 0 heterocycles. The topological polar surface area (TPSA) is 81.6 Å². The van der Waals surface area contributed by atoms with Crippen LogP contribution in [0.15, 0.2) is 12.3 Å². The van der Waals surface area contributed by atoms with Gasteiger partial charge in [0.2, 0.25) is 5.91 Å². The van der Waals surface area contributed by atoms with E-state index in [0.29, 0.717) is 25.2 Å². The summed E-state index contributed by atoms with van der Waals surface area (Å²) in [5.41, 5.74) is -0.216. The number of hydrogen-bond acceptors (Lipinski definition) is 4. The fraction of sp³-hybridized carbons (Fsp3) is 0.769. The minimum Gasteiger partial charge on any atom is -0.396 e. The Morgan fingerprint density at radius 1 is 1.33 bits per heavy atom. The second-order valence-corrected chi connectivity index (χ2v) is 5.10. The van der Waals surface area contributed by atoms with Crippen LogP contribution in [-0.2, 0) is 4.79 Å². The summed E-state index contributed by atoms with van der Waals surface area (Å²) >= 11 is 0. The van der Waals surface area contributed by atoms with Gasteiger partial charge in [-0.25, -0.2) is 0 Å². The van der Waals surface area contributed by atoms with Crippen molar-refractivity contribution in [3.05, 3.63) is 12.3 Å². The molecule has 0 fully saturated rings. The van der Waals surface area contributed by atoms with E-state index in [4.69, 9.17) is 5.11 Å². The molecule has 0 aliphatic heterocycles. The highest BCUT2D eigenvalue weighted by atomic mass is 16.3. The number of aliphatic hydroxyl groups is 2. The minimum atomic E-state index is -0.846. The second kappa shape index (κ2) is 8.11. The van der Waals surface area contributed by atoms with E-state index in [-0.39, 0.29) is 12.5 Å². The molecule has 0 aromatic carbocycles. The molecule has 0 spiro atoms. The zero-order chi connectivity index (χ0) is 14.2. The van der Waals surface area contributed by atoms with Gasteiger partial charge in [0.05, 0.1) is 6.61 Å². The molecule has 0 aliphatic carbocycles. The predicted molar refractivity (Wildman–Crippen MR) is 71.9 cm³/mol. The number of amides is 1. The molecule has 0 radical (unpaired) electrons. The van der Waals surface area contributed by atoms with Gasteiger partial charge in [0, 0.05) is 30.6 Å². The molecule has 5 nitrogen and oxygen atoms in total. The van der Waals surface area contributed by atoms with Gasteiger partial charge in [0.25, 0.3) is 0 Å². The van der Waals surface area contributed by atoms with Crippen molar-refractivity contribution in [2.24, 2.45) is 5.41 Å². The lowest BCUT2D eigenvalue weighted by Crippen LogP contribution is -2.39. The number of hydrogen-bond donors (Lipinski definition) is 4. The van der Waals surface area contributed by atoms with E-state index in [9.17, 15) is 9.90 Å². The van der Waals surface area contributed by atoms with Crippen LogP contribution in [0.1, 0.15) is 33.6 Å². The maximum atomic E-state index is 11.3. The molecule has 4 N–H and O–H groups in total. The Labute approximate surface area is 109 Å². The molecule has 0 bridgehead atoms. The van der Waals surface area contributed by atoms with Crippen molar-refractivity contribution in [1.82, 2.24) is 10.6 Å². The molecule has 0 aromatic heterocycles. The highest BCUT2D eigenvalue weighted by Crippen LogP contribution is 2.23. The van der Waals surface area contributed by atoms with Crippen molar-refractivity contribution >= 4 is 5.91 Å². The Hall–Kier alpha value is -1.07. The normalized spacial score (nSPS) is 12.9. The summed E-state index contributed by atoms with van der Waals surface area (Å²) in [7, 11) is 0. The smallest absolute Gasteiger partial charge is 0.221 e. The number of rotatable bonds is 9. The van der Waals surface area contributed by atoms with E-state index < -0.39 is 11.5 Å². The summed E-state index contributed by atoms with van der Waals surface area (Å²) in [5.74, 6) is -0.0203. The van der Waals surface area contributed by atoms with E-state index in [1.165, 1.54) is 0 Å². The van der Waals surface area contributed by atoms with E-state index in [0.717, 1.165) is 6.42 Å². The highest BCUT2D eigenvalue weighted by Gasteiger charge is 2.29. The van der Waals surface area contributed by atoms with E-state index in [2.05, 4.69) is 17.2 Å². The van der Waals surface area contributed by atoms with Crippen LogP contribution in [0.2, 0.25) is 0 Å². The van der Waals surface area contributed by atoms with Gasteiger partial charge in [0.15, 0.2) is 0 Å². The van der Waals surface area contributed by atoms with Crippen molar-refractivity contribution < 1.29 is 15.0 Å². The van der Waals surface area contributed by atoms with Gasteiger partial charge < -0.3 is 20.8 Å². The van der Waals surface area contributed by atoms with Crippen LogP contribution in [0.4, 0.5) is 0 Å². The summed E-state index contributed by atoms with van der Waals surface area (Å²) in [4.78, 5) is 11.3. The number of nitrogens with one attached hydrogen (secondary N) is 2. The quantitative estimate of drug-likeness (QED) is 0.482. The van der Waals surface area contributed by atoms with Crippen LogP contribution >= 0.6 is 0 Å². The largest absolute Gasteiger partial charge is 0.396 e. The molecule has 0 aliphatic rings. The Bertz CT molecular complexity index is 277. The number of aliphatic hydroxyl groups excluding tert-OH is 2. The standard InChI is InChI=1S/C13H26N2O3/c1-5-7-15-11(17)6-8-14-10(2)12(18)13(3,4)9-16/h12,14,16,18H,2,5-9H2,1,3-4H3,(H,15,17). The Balaban J connectivity index is 3.94. The molecule has 18 heavy (non-hydrogen) atoms. The molecule has 0 saturated heterocycles. The molecule has 0 rings (SSSR count). The van der Waals surface area contributed by atoms with Gasteiger partial charge in [-0.3, -0.25) is 4.79 Å². The van der Waals surface area contributed by atoms with Crippen LogP contribution in [-0.4, -0.2) is 41.9 Å². The molecule has 0 saturated carbocycles. The maximum Gasteiger partial charge on any atom is 0.221 e. The average Bonchev–Trinajstić information content (AvgIpc) is 2.35. The fourth-order valence-electron chi connectivity index (χ4n) is 1.34. The lowest BCUT2D eigenvalue weighted by atomic mass is 9.86. The lowest BCUT2D eigenvalue weighted by molar-refractivity contribution is -0.120. The van der Waals surface area contributed by atoms with Crippen molar-refractivity contribution in [3.8, 4) is 0 Å². The first-order valence-corrected chi connectivity index (χ1v) is 6.33. The molecule has 1 atom stereocenters. The van der Waals surface area contributed by atoms with Gasteiger partial charge in [-0.2, -0.15) is 0 Å². The van der Waals surface area contributed by atoms with Crippen LogP contribution < -0.4 is 10.6 Å². The highest BCUT2D eigenvalue weighted by molar-refractivity contribution is 5.76. The maximum absolute atomic E-state index is 11.3. The second-order valence-electron chi connectivity index (χ2n) is 5.10. The summed E-state index contributed by atoms with van der Waals surface area (Å²) in [5, 5.41) is 24.7. The third kappa shape index (κ3) is 6.02.